The number of carbonyl (C=O) groups excluding carboxylic acids is 1. The summed E-state index contributed by atoms with van der Waals surface area (Å²) < 4.78 is 35.5. The molecule has 2 aromatic carbocycles. The molecule has 0 spiro atoms. The van der Waals surface area contributed by atoms with Crippen LogP contribution in [0, 0.1) is 5.82 Å². The lowest BCUT2D eigenvalue weighted by Crippen LogP contribution is -2.29. The Bertz CT molecular complexity index is 855. The zero-order valence-electron chi connectivity index (χ0n) is 15.8. The third kappa shape index (κ3) is 5.07. The Kier molecular flexibility index (Phi) is 6.73. The van der Waals surface area contributed by atoms with Crippen LogP contribution in [0.5, 0.6) is 17.2 Å². The van der Waals surface area contributed by atoms with Gasteiger partial charge in [0.1, 0.15) is 6.10 Å². The number of carbonyl (C=O) groups is 1. The number of hydrogen-bond acceptors (Lipinski definition) is 7. The fourth-order valence-corrected chi connectivity index (χ4v) is 2.96. The van der Waals surface area contributed by atoms with Crippen molar-refractivity contribution in [2.24, 2.45) is 0 Å². The zero-order chi connectivity index (χ0) is 20.8. The molecular formula is C20H22FNO7. The summed E-state index contributed by atoms with van der Waals surface area (Å²) >= 11 is 0. The number of phenolic OH excluding ortho intramolecular Hbond substituents is 1. The highest BCUT2D eigenvalue weighted by Crippen LogP contribution is 2.35. The number of nitrogens with one attached hydrogen (secondary N) is 1. The molecule has 3 rings (SSSR count). The van der Waals surface area contributed by atoms with E-state index in [1.807, 2.05) is 0 Å². The first-order valence-corrected chi connectivity index (χ1v) is 9.10. The number of rotatable bonds is 8. The van der Waals surface area contributed by atoms with E-state index < -0.39 is 29.9 Å². The average molecular weight is 407 g/mol. The minimum atomic E-state index is -1.01. The molecule has 8 nitrogen and oxygen atoms in total. The zero-order valence-corrected chi connectivity index (χ0v) is 15.8. The molecule has 2 aromatic rings. The van der Waals surface area contributed by atoms with E-state index in [4.69, 9.17) is 18.9 Å². The lowest BCUT2D eigenvalue weighted by molar-refractivity contribution is -0.0485. The Morgan fingerprint density at radius 2 is 2.03 bits per heavy atom. The van der Waals surface area contributed by atoms with Gasteiger partial charge in [0, 0.05) is 31.4 Å². The van der Waals surface area contributed by atoms with Gasteiger partial charge in [0.25, 0.3) is 0 Å². The number of hydrogen-bond donors (Lipinski definition) is 3. The van der Waals surface area contributed by atoms with E-state index in [2.05, 4.69) is 5.32 Å². The molecule has 0 radical (unpaired) electrons. The SMILES string of the molecule is CCO[C@@H](CCO)[C@@H](OC(=O)Nc1ccc2c(c1)OCO2)c1ccc(O)c(F)c1. The smallest absolute Gasteiger partial charge is 0.412 e. The summed E-state index contributed by atoms with van der Waals surface area (Å²) in [7, 11) is 0. The standard InChI is InChI=1S/C20H22FNO7/c1-2-26-17(7-8-23)19(12-3-5-15(24)14(21)9-12)29-20(25)22-13-4-6-16-18(10-13)28-11-27-16/h3-6,9-10,17,19,23-24H,2,7-8,11H2,1H3,(H,22,25)/t17-,19-/m0/s1. The number of aliphatic hydroxyl groups excluding tert-OH is 1. The van der Waals surface area contributed by atoms with E-state index in [0.29, 0.717) is 23.8 Å². The summed E-state index contributed by atoms with van der Waals surface area (Å²) in [6, 6.07) is 8.53. The predicted octanol–water partition coefficient (Wildman–Crippen LogP) is 3.34. The van der Waals surface area contributed by atoms with E-state index in [1.165, 1.54) is 12.1 Å². The summed E-state index contributed by atoms with van der Waals surface area (Å²) in [4.78, 5) is 12.5. The maximum Gasteiger partial charge on any atom is 0.412 e. The Morgan fingerprint density at radius 3 is 2.76 bits per heavy atom. The predicted molar refractivity (Wildman–Crippen MR) is 101 cm³/mol. The van der Waals surface area contributed by atoms with Crippen LogP contribution in [0.2, 0.25) is 0 Å². The molecule has 1 aliphatic rings. The van der Waals surface area contributed by atoms with Crippen molar-refractivity contribution in [2.75, 3.05) is 25.3 Å². The van der Waals surface area contributed by atoms with Crippen molar-refractivity contribution in [3.8, 4) is 17.2 Å². The largest absolute Gasteiger partial charge is 0.505 e. The summed E-state index contributed by atoms with van der Waals surface area (Å²) in [6.07, 6.45) is -2.36. The van der Waals surface area contributed by atoms with Gasteiger partial charge in [-0.15, -0.1) is 0 Å². The van der Waals surface area contributed by atoms with Crippen molar-refractivity contribution in [2.45, 2.75) is 25.6 Å². The number of fused-ring (bicyclic) bond motifs is 1. The van der Waals surface area contributed by atoms with Gasteiger partial charge < -0.3 is 29.2 Å². The van der Waals surface area contributed by atoms with Gasteiger partial charge in [-0.2, -0.15) is 0 Å². The van der Waals surface area contributed by atoms with Gasteiger partial charge in [0.05, 0.1) is 0 Å². The number of ether oxygens (including phenoxy) is 4. The maximum atomic E-state index is 13.9. The minimum absolute atomic E-state index is 0.106. The first-order chi connectivity index (χ1) is 14.0. The summed E-state index contributed by atoms with van der Waals surface area (Å²) in [5.74, 6) is -0.313. The minimum Gasteiger partial charge on any atom is -0.505 e. The van der Waals surface area contributed by atoms with Crippen LogP contribution in [0.4, 0.5) is 14.9 Å². The quantitative estimate of drug-likeness (QED) is 0.616. The molecule has 0 saturated carbocycles. The van der Waals surface area contributed by atoms with Gasteiger partial charge >= 0.3 is 6.09 Å². The topological polar surface area (TPSA) is 106 Å². The number of aliphatic hydroxyl groups is 1. The Labute approximate surface area is 166 Å². The van der Waals surface area contributed by atoms with Crippen LogP contribution in [-0.4, -0.2) is 42.4 Å². The average Bonchev–Trinajstić information content (AvgIpc) is 3.16. The van der Waals surface area contributed by atoms with Gasteiger partial charge in [-0.25, -0.2) is 9.18 Å². The fraction of sp³-hybridized carbons (Fsp3) is 0.350. The van der Waals surface area contributed by atoms with Gasteiger partial charge in [0.15, 0.2) is 29.2 Å². The molecule has 0 aliphatic carbocycles. The lowest BCUT2D eigenvalue weighted by atomic mass is 10.0. The molecule has 0 saturated heterocycles. The first kappa shape index (κ1) is 20.7. The van der Waals surface area contributed by atoms with Crippen molar-refractivity contribution in [3.63, 3.8) is 0 Å². The van der Waals surface area contributed by atoms with Crippen molar-refractivity contribution in [1.82, 2.24) is 0 Å². The van der Waals surface area contributed by atoms with E-state index >= 15 is 0 Å². The number of halogens is 1. The highest BCUT2D eigenvalue weighted by atomic mass is 19.1. The number of amides is 1. The molecule has 1 amide bonds. The molecule has 2 atom stereocenters. The normalized spacial score (nSPS) is 14.3. The van der Waals surface area contributed by atoms with Crippen LogP contribution in [0.15, 0.2) is 36.4 Å². The first-order valence-electron chi connectivity index (χ1n) is 9.10. The summed E-state index contributed by atoms with van der Waals surface area (Å²) in [6.45, 7) is 1.95. The third-order valence-electron chi connectivity index (χ3n) is 4.29. The van der Waals surface area contributed by atoms with Crippen LogP contribution >= 0.6 is 0 Å². The van der Waals surface area contributed by atoms with Crippen molar-refractivity contribution < 1.29 is 38.3 Å². The molecule has 9 heteroatoms. The van der Waals surface area contributed by atoms with Crippen LogP contribution in [-0.2, 0) is 9.47 Å². The van der Waals surface area contributed by atoms with Crippen LogP contribution in [0.1, 0.15) is 25.0 Å². The molecule has 1 aliphatic heterocycles. The Morgan fingerprint density at radius 1 is 1.24 bits per heavy atom. The second kappa shape index (κ2) is 9.44. The van der Waals surface area contributed by atoms with Gasteiger partial charge in [-0.3, -0.25) is 5.32 Å². The molecule has 0 unspecified atom stereocenters. The molecule has 0 aromatic heterocycles. The molecule has 156 valence electrons. The maximum absolute atomic E-state index is 13.9. The van der Waals surface area contributed by atoms with Crippen LogP contribution in [0.3, 0.4) is 0 Å². The fourth-order valence-electron chi connectivity index (χ4n) is 2.96. The molecule has 0 bridgehead atoms. The monoisotopic (exact) mass is 407 g/mol. The highest BCUT2D eigenvalue weighted by Gasteiger charge is 2.28. The van der Waals surface area contributed by atoms with E-state index in [0.717, 1.165) is 6.07 Å². The third-order valence-corrected chi connectivity index (χ3v) is 4.29. The van der Waals surface area contributed by atoms with Crippen LogP contribution < -0.4 is 14.8 Å². The second-order valence-electron chi connectivity index (χ2n) is 6.24. The molecular weight excluding hydrogens is 385 g/mol. The molecule has 3 N–H and O–H groups in total. The van der Waals surface area contributed by atoms with Crippen molar-refractivity contribution in [3.05, 3.63) is 47.8 Å². The second-order valence-corrected chi connectivity index (χ2v) is 6.24. The number of anilines is 1. The number of aromatic hydroxyl groups is 1. The van der Waals surface area contributed by atoms with E-state index in [-0.39, 0.29) is 25.4 Å². The molecule has 0 fully saturated rings. The Balaban J connectivity index is 1.79. The summed E-state index contributed by atoms with van der Waals surface area (Å²) in [5.41, 5.74) is 0.707. The highest BCUT2D eigenvalue weighted by molar-refractivity contribution is 5.85. The van der Waals surface area contributed by atoms with Crippen molar-refractivity contribution in [1.29, 1.82) is 0 Å². The molecule has 29 heavy (non-hydrogen) atoms. The van der Waals surface area contributed by atoms with Crippen LogP contribution in [0.25, 0.3) is 0 Å². The van der Waals surface area contributed by atoms with E-state index in [1.54, 1.807) is 25.1 Å². The van der Waals surface area contributed by atoms with Gasteiger partial charge in [0.2, 0.25) is 6.79 Å². The van der Waals surface area contributed by atoms with Gasteiger partial charge in [-0.1, -0.05) is 6.07 Å². The summed E-state index contributed by atoms with van der Waals surface area (Å²) in [5, 5.41) is 21.4. The number of benzene rings is 2. The Hall–Kier alpha value is -3.04. The lowest BCUT2D eigenvalue weighted by Gasteiger charge is -2.27. The van der Waals surface area contributed by atoms with Crippen molar-refractivity contribution >= 4 is 11.8 Å². The van der Waals surface area contributed by atoms with Gasteiger partial charge in [-0.05, 0) is 36.8 Å². The molecule has 1 heterocycles. The van der Waals surface area contributed by atoms with E-state index in [9.17, 15) is 19.4 Å². The number of phenols is 1.